The van der Waals surface area contributed by atoms with E-state index in [0.717, 1.165) is 5.56 Å². The first-order chi connectivity index (χ1) is 9.49. The van der Waals surface area contributed by atoms with Gasteiger partial charge in [-0.15, -0.1) is 11.8 Å². The predicted molar refractivity (Wildman–Crippen MR) is 77.3 cm³/mol. The van der Waals surface area contributed by atoms with E-state index in [4.69, 9.17) is 11.6 Å². The van der Waals surface area contributed by atoms with Crippen LogP contribution in [0.1, 0.15) is 27.4 Å². The molecule has 1 N–H and O–H groups in total. The van der Waals surface area contributed by atoms with E-state index in [-0.39, 0.29) is 5.56 Å². The third-order valence-corrected chi connectivity index (χ3v) is 3.97. The van der Waals surface area contributed by atoms with Crippen LogP contribution in [0.4, 0.5) is 0 Å². The Morgan fingerprint density at radius 1 is 1.40 bits per heavy atom. The number of pyridine rings is 1. The molecule has 0 aromatic carbocycles. The number of aromatic carboxylic acids is 1. The van der Waals surface area contributed by atoms with Crippen molar-refractivity contribution in [1.29, 1.82) is 0 Å². The lowest BCUT2D eigenvalue weighted by molar-refractivity contribution is 0.0690. The summed E-state index contributed by atoms with van der Waals surface area (Å²) in [5, 5.41) is 10.3. The molecule has 0 fully saturated rings. The van der Waals surface area contributed by atoms with Crippen molar-refractivity contribution in [1.82, 2.24) is 15.0 Å². The van der Waals surface area contributed by atoms with Crippen LogP contribution in [0.3, 0.4) is 0 Å². The SMILES string of the molecule is Cc1nc(C)c(C(=O)O)c(SCc2ccncc2Cl)n1. The molecule has 5 nitrogen and oxygen atoms in total. The van der Waals surface area contributed by atoms with Gasteiger partial charge in [0.05, 0.1) is 10.7 Å². The number of aromatic nitrogens is 3. The van der Waals surface area contributed by atoms with Crippen LogP contribution in [0.5, 0.6) is 0 Å². The maximum atomic E-state index is 11.3. The molecule has 0 radical (unpaired) electrons. The largest absolute Gasteiger partial charge is 0.478 e. The average molecular weight is 310 g/mol. The zero-order chi connectivity index (χ0) is 14.7. The fourth-order valence-electron chi connectivity index (χ4n) is 1.70. The van der Waals surface area contributed by atoms with Gasteiger partial charge in [0, 0.05) is 18.1 Å². The molecule has 2 heterocycles. The van der Waals surface area contributed by atoms with Gasteiger partial charge in [-0.2, -0.15) is 0 Å². The zero-order valence-corrected chi connectivity index (χ0v) is 12.5. The molecule has 0 aliphatic heterocycles. The van der Waals surface area contributed by atoms with Crippen molar-refractivity contribution >= 4 is 29.3 Å². The highest BCUT2D eigenvalue weighted by molar-refractivity contribution is 7.98. The number of rotatable bonds is 4. The second-order valence-corrected chi connectivity index (χ2v) is 5.47. The van der Waals surface area contributed by atoms with Gasteiger partial charge in [0.25, 0.3) is 0 Å². The minimum atomic E-state index is -1.02. The standard InChI is InChI=1S/C13H12ClN3O2S/c1-7-11(13(18)19)12(17-8(2)16-7)20-6-9-3-4-15-5-10(9)14/h3-5H,6H2,1-2H3,(H,18,19). The van der Waals surface area contributed by atoms with Gasteiger partial charge in [-0.05, 0) is 25.5 Å². The van der Waals surface area contributed by atoms with E-state index < -0.39 is 5.97 Å². The first kappa shape index (κ1) is 14.7. The summed E-state index contributed by atoms with van der Waals surface area (Å²) in [4.78, 5) is 23.5. The zero-order valence-electron chi connectivity index (χ0n) is 10.9. The number of halogens is 1. The van der Waals surface area contributed by atoms with E-state index in [1.807, 2.05) is 0 Å². The number of hydrogen-bond acceptors (Lipinski definition) is 5. The average Bonchev–Trinajstić information content (AvgIpc) is 2.36. The van der Waals surface area contributed by atoms with Crippen LogP contribution in [-0.2, 0) is 5.75 Å². The highest BCUT2D eigenvalue weighted by Crippen LogP contribution is 2.28. The van der Waals surface area contributed by atoms with E-state index in [9.17, 15) is 9.90 Å². The molecule has 2 aromatic heterocycles. The summed E-state index contributed by atoms with van der Waals surface area (Å²) >= 11 is 7.36. The molecule has 0 spiro atoms. The number of carboxylic acid groups (broad SMARTS) is 1. The summed E-state index contributed by atoms with van der Waals surface area (Å²) in [7, 11) is 0. The molecular formula is C13H12ClN3O2S. The van der Waals surface area contributed by atoms with Crippen LogP contribution in [0.15, 0.2) is 23.5 Å². The molecule has 0 atom stereocenters. The third-order valence-electron chi connectivity index (χ3n) is 2.60. The molecule has 0 saturated heterocycles. The topological polar surface area (TPSA) is 76.0 Å². The van der Waals surface area contributed by atoms with Crippen molar-refractivity contribution in [2.75, 3.05) is 0 Å². The maximum absolute atomic E-state index is 11.3. The molecule has 0 aliphatic carbocycles. The van der Waals surface area contributed by atoms with Gasteiger partial charge in [-0.1, -0.05) is 11.6 Å². The molecule has 2 rings (SSSR count). The third kappa shape index (κ3) is 3.26. The van der Waals surface area contributed by atoms with Gasteiger partial charge in [-0.25, -0.2) is 14.8 Å². The summed E-state index contributed by atoms with van der Waals surface area (Å²) < 4.78 is 0. The fraction of sp³-hybridized carbons (Fsp3) is 0.231. The summed E-state index contributed by atoms with van der Waals surface area (Å²) in [6, 6.07) is 1.80. The van der Waals surface area contributed by atoms with E-state index in [1.54, 1.807) is 32.3 Å². The van der Waals surface area contributed by atoms with Crippen molar-refractivity contribution < 1.29 is 9.90 Å². The van der Waals surface area contributed by atoms with Gasteiger partial charge in [0.1, 0.15) is 16.4 Å². The highest BCUT2D eigenvalue weighted by Gasteiger charge is 2.17. The number of thioether (sulfide) groups is 1. The van der Waals surface area contributed by atoms with Crippen molar-refractivity contribution in [3.05, 3.63) is 46.1 Å². The van der Waals surface area contributed by atoms with Crippen LogP contribution in [0, 0.1) is 13.8 Å². The van der Waals surface area contributed by atoms with E-state index in [2.05, 4.69) is 15.0 Å². The summed E-state index contributed by atoms with van der Waals surface area (Å²) in [5.41, 5.74) is 1.50. The molecule has 104 valence electrons. The Bertz CT molecular complexity index is 664. The normalized spacial score (nSPS) is 10.6. The van der Waals surface area contributed by atoms with Crippen LogP contribution < -0.4 is 0 Å². The van der Waals surface area contributed by atoms with Gasteiger partial charge in [-0.3, -0.25) is 4.98 Å². The van der Waals surface area contributed by atoms with Gasteiger partial charge < -0.3 is 5.11 Å². The van der Waals surface area contributed by atoms with Gasteiger partial charge in [0.15, 0.2) is 0 Å². The molecule has 20 heavy (non-hydrogen) atoms. The Morgan fingerprint density at radius 3 is 2.80 bits per heavy atom. The molecule has 0 unspecified atom stereocenters. The number of aryl methyl sites for hydroxylation is 2. The first-order valence-corrected chi connectivity index (χ1v) is 7.15. The molecule has 7 heteroatoms. The van der Waals surface area contributed by atoms with E-state index >= 15 is 0 Å². The number of nitrogens with zero attached hydrogens (tertiary/aromatic N) is 3. The van der Waals surface area contributed by atoms with Crippen molar-refractivity contribution in [2.24, 2.45) is 0 Å². The summed E-state index contributed by atoms with van der Waals surface area (Å²) in [6.45, 7) is 3.41. The minimum Gasteiger partial charge on any atom is -0.478 e. The molecule has 0 aliphatic rings. The lowest BCUT2D eigenvalue weighted by Gasteiger charge is -2.09. The van der Waals surface area contributed by atoms with Crippen LogP contribution >= 0.6 is 23.4 Å². The molecule has 0 saturated carbocycles. The second kappa shape index (κ2) is 6.19. The maximum Gasteiger partial charge on any atom is 0.340 e. The quantitative estimate of drug-likeness (QED) is 0.690. The van der Waals surface area contributed by atoms with Crippen molar-refractivity contribution in [3.8, 4) is 0 Å². The molecule has 0 bridgehead atoms. The van der Waals surface area contributed by atoms with Crippen molar-refractivity contribution in [3.63, 3.8) is 0 Å². The van der Waals surface area contributed by atoms with Crippen LogP contribution in [0.2, 0.25) is 5.02 Å². The van der Waals surface area contributed by atoms with Crippen LogP contribution in [-0.4, -0.2) is 26.0 Å². The highest BCUT2D eigenvalue weighted by atomic mass is 35.5. The van der Waals surface area contributed by atoms with Crippen molar-refractivity contribution in [2.45, 2.75) is 24.6 Å². The van der Waals surface area contributed by atoms with Crippen LogP contribution in [0.25, 0.3) is 0 Å². The minimum absolute atomic E-state index is 0.144. The number of carbonyl (C=O) groups is 1. The Labute approximate surface area is 125 Å². The number of hydrogen-bond donors (Lipinski definition) is 1. The lowest BCUT2D eigenvalue weighted by atomic mass is 10.2. The monoisotopic (exact) mass is 309 g/mol. The molecule has 2 aromatic rings. The smallest absolute Gasteiger partial charge is 0.340 e. The summed E-state index contributed by atoms with van der Waals surface area (Å²) in [5.74, 6) is 0.0546. The van der Waals surface area contributed by atoms with Gasteiger partial charge in [0.2, 0.25) is 0 Å². The van der Waals surface area contributed by atoms with Gasteiger partial charge >= 0.3 is 5.97 Å². The fourth-order valence-corrected chi connectivity index (χ4v) is 3.08. The second-order valence-electron chi connectivity index (χ2n) is 4.10. The lowest BCUT2D eigenvalue weighted by Crippen LogP contribution is -2.08. The Balaban J connectivity index is 2.30. The Kier molecular flexibility index (Phi) is 4.57. The molecular weight excluding hydrogens is 298 g/mol. The molecule has 0 amide bonds. The number of carboxylic acids is 1. The Morgan fingerprint density at radius 2 is 2.15 bits per heavy atom. The first-order valence-electron chi connectivity index (χ1n) is 5.78. The van der Waals surface area contributed by atoms with E-state index in [0.29, 0.717) is 27.3 Å². The summed E-state index contributed by atoms with van der Waals surface area (Å²) in [6.07, 6.45) is 3.21. The van der Waals surface area contributed by atoms with E-state index in [1.165, 1.54) is 11.8 Å². The Hall–Kier alpha value is -1.66. The predicted octanol–water partition coefficient (Wildman–Crippen LogP) is 3.13.